The molecule has 1 aliphatic carbocycles. The first kappa shape index (κ1) is 13.6. The minimum atomic E-state index is 0.0384. The summed E-state index contributed by atoms with van der Waals surface area (Å²) < 4.78 is 11.1. The molecule has 2 aromatic rings. The molecule has 0 saturated heterocycles. The number of fused-ring (bicyclic) bond motifs is 1. The Kier molecular flexibility index (Phi) is 3.26. The number of thiazole rings is 1. The van der Waals surface area contributed by atoms with Gasteiger partial charge in [0.1, 0.15) is 13.2 Å². The van der Waals surface area contributed by atoms with Crippen molar-refractivity contribution in [3.63, 3.8) is 0 Å². The number of hydrogen-bond donors (Lipinski definition) is 0. The summed E-state index contributed by atoms with van der Waals surface area (Å²) in [6.07, 6.45) is 2.60. The second-order valence-corrected chi connectivity index (χ2v) is 6.44. The Hall–Kier alpha value is -2.08. The number of hydrogen-bond acceptors (Lipinski definition) is 5. The normalized spacial score (nSPS) is 22.2. The molecule has 6 heteroatoms. The largest absolute Gasteiger partial charge is 0.486 e. The van der Waals surface area contributed by atoms with Gasteiger partial charge in [0, 0.05) is 24.5 Å². The summed E-state index contributed by atoms with van der Waals surface area (Å²) in [6, 6.07) is 5.99. The maximum Gasteiger partial charge on any atom is 0.232 e. The molecule has 1 fully saturated rings. The number of carbonyl (C=O) groups excluding carboxylic acids is 1. The molecule has 0 bridgehead atoms. The summed E-state index contributed by atoms with van der Waals surface area (Å²) in [5, 5.41) is 2.63. The Balaban J connectivity index is 1.49. The fourth-order valence-corrected chi connectivity index (χ4v) is 3.46. The number of aromatic nitrogens is 1. The molecule has 1 aliphatic heterocycles. The number of anilines is 1. The van der Waals surface area contributed by atoms with Crippen LogP contribution < -0.4 is 14.4 Å². The number of rotatable bonds is 3. The highest BCUT2D eigenvalue weighted by Gasteiger charge is 2.46. The molecule has 1 amide bonds. The SMILES string of the molecule is CN(C(=O)C1CC1c1ccc2c(c1)OCCO2)c1nccs1. The van der Waals surface area contributed by atoms with E-state index < -0.39 is 0 Å². The van der Waals surface area contributed by atoms with Gasteiger partial charge in [0.2, 0.25) is 5.91 Å². The van der Waals surface area contributed by atoms with E-state index in [1.165, 1.54) is 11.3 Å². The Morgan fingerprint density at radius 3 is 2.91 bits per heavy atom. The Morgan fingerprint density at radius 2 is 2.14 bits per heavy atom. The molecule has 5 nitrogen and oxygen atoms in total. The molecular formula is C16H16N2O3S. The average molecular weight is 316 g/mol. The molecule has 0 radical (unpaired) electrons. The van der Waals surface area contributed by atoms with Crippen molar-refractivity contribution < 1.29 is 14.3 Å². The summed E-state index contributed by atoms with van der Waals surface area (Å²) in [6.45, 7) is 1.17. The minimum absolute atomic E-state index is 0.0384. The van der Waals surface area contributed by atoms with Gasteiger partial charge in [-0.15, -0.1) is 11.3 Å². The lowest BCUT2D eigenvalue weighted by Crippen LogP contribution is -2.28. The predicted molar refractivity (Wildman–Crippen MR) is 83.8 cm³/mol. The topological polar surface area (TPSA) is 51.7 Å². The highest BCUT2D eigenvalue weighted by atomic mass is 32.1. The van der Waals surface area contributed by atoms with Crippen LogP contribution in [0.2, 0.25) is 0 Å². The van der Waals surface area contributed by atoms with E-state index in [4.69, 9.17) is 9.47 Å². The summed E-state index contributed by atoms with van der Waals surface area (Å²) >= 11 is 1.48. The van der Waals surface area contributed by atoms with Crippen molar-refractivity contribution in [3.05, 3.63) is 35.3 Å². The van der Waals surface area contributed by atoms with Crippen LogP contribution in [0.3, 0.4) is 0 Å². The van der Waals surface area contributed by atoms with E-state index in [9.17, 15) is 4.79 Å². The van der Waals surface area contributed by atoms with Crippen molar-refractivity contribution in [2.75, 3.05) is 25.2 Å². The third-order valence-corrected chi connectivity index (χ3v) is 4.99. The van der Waals surface area contributed by atoms with Crippen molar-refractivity contribution in [2.45, 2.75) is 12.3 Å². The molecule has 1 aromatic heterocycles. The third kappa shape index (κ3) is 2.33. The van der Waals surface area contributed by atoms with Crippen molar-refractivity contribution in [3.8, 4) is 11.5 Å². The van der Waals surface area contributed by atoms with E-state index in [1.807, 2.05) is 23.6 Å². The zero-order chi connectivity index (χ0) is 15.1. The number of amides is 1. The second-order valence-electron chi connectivity index (χ2n) is 5.56. The number of nitrogens with zero attached hydrogens (tertiary/aromatic N) is 2. The molecular weight excluding hydrogens is 300 g/mol. The summed E-state index contributed by atoms with van der Waals surface area (Å²) in [7, 11) is 1.79. The van der Waals surface area contributed by atoms with Gasteiger partial charge in [-0.05, 0) is 30.0 Å². The van der Waals surface area contributed by atoms with Crippen LogP contribution >= 0.6 is 11.3 Å². The van der Waals surface area contributed by atoms with Gasteiger partial charge >= 0.3 is 0 Å². The van der Waals surface area contributed by atoms with Crippen molar-refractivity contribution in [2.24, 2.45) is 5.92 Å². The lowest BCUT2D eigenvalue weighted by Gasteiger charge is -2.19. The molecule has 1 saturated carbocycles. The molecule has 22 heavy (non-hydrogen) atoms. The van der Waals surface area contributed by atoms with Gasteiger partial charge in [0.05, 0.1) is 0 Å². The van der Waals surface area contributed by atoms with Crippen LogP contribution in [0.4, 0.5) is 5.13 Å². The van der Waals surface area contributed by atoms with Crippen LogP contribution in [-0.2, 0) is 4.79 Å². The first-order valence-corrected chi connectivity index (χ1v) is 8.18. The molecule has 1 aromatic carbocycles. The molecule has 114 valence electrons. The molecule has 0 N–H and O–H groups in total. The number of ether oxygens (including phenoxy) is 2. The van der Waals surface area contributed by atoms with Crippen LogP contribution in [0.15, 0.2) is 29.8 Å². The van der Waals surface area contributed by atoms with Crippen LogP contribution in [0.5, 0.6) is 11.5 Å². The summed E-state index contributed by atoms with van der Waals surface area (Å²) in [5.41, 5.74) is 1.15. The monoisotopic (exact) mass is 316 g/mol. The molecule has 0 spiro atoms. The minimum Gasteiger partial charge on any atom is -0.486 e. The van der Waals surface area contributed by atoms with Crippen LogP contribution in [0.1, 0.15) is 17.9 Å². The van der Waals surface area contributed by atoms with Gasteiger partial charge < -0.3 is 9.47 Å². The van der Waals surface area contributed by atoms with Crippen LogP contribution in [0.25, 0.3) is 0 Å². The van der Waals surface area contributed by atoms with Gasteiger partial charge in [0.25, 0.3) is 0 Å². The molecule has 4 rings (SSSR count). The predicted octanol–water partition coefficient (Wildman–Crippen LogP) is 2.68. The maximum atomic E-state index is 12.5. The van der Waals surface area contributed by atoms with E-state index in [0.717, 1.165) is 28.6 Å². The smallest absolute Gasteiger partial charge is 0.232 e. The lowest BCUT2D eigenvalue weighted by molar-refractivity contribution is -0.119. The fourth-order valence-electron chi connectivity index (χ4n) is 2.85. The standard InChI is InChI=1S/C16H16N2O3S/c1-18(16-17-4-7-22-16)15(19)12-9-11(12)10-2-3-13-14(8-10)21-6-5-20-13/h2-4,7-8,11-12H,5-6,9H2,1H3. The first-order chi connectivity index (χ1) is 10.7. The average Bonchev–Trinajstić information content (AvgIpc) is 3.17. The lowest BCUT2D eigenvalue weighted by atomic mass is 10.1. The van der Waals surface area contributed by atoms with E-state index in [-0.39, 0.29) is 17.7 Å². The third-order valence-electron chi connectivity index (χ3n) is 4.14. The fraction of sp³-hybridized carbons (Fsp3) is 0.375. The molecule has 2 atom stereocenters. The van der Waals surface area contributed by atoms with Crippen molar-refractivity contribution in [1.82, 2.24) is 4.98 Å². The summed E-state index contributed by atoms with van der Waals surface area (Å²) in [5.74, 6) is 2.02. The first-order valence-electron chi connectivity index (χ1n) is 7.30. The van der Waals surface area contributed by atoms with Gasteiger partial charge in [-0.3, -0.25) is 9.69 Å². The summed E-state index contributed by atoms with van der Waals surface area (Å²) in [4.78, 5) is 18.4. The zero-order valence-corrected chi connectivity index (χ0v) is 13.0. The van der Waals surface area contributed by atoms with E-state index in [1.54, 1.807) is 18.1 Å². The Morgan fingerprint density at radius 1 is 1.32 bits per heavy atom. The Bertz CT molecular complexity index is 701. The maximum absolute atomic E-state index is 12.5. The van der Waals surface area contributed by atoms with Gasteiger partial charge in [-0.1, -0.05) is 6.07 Å². The number of benzene rings is 1. The number of carbonyl (C=O) groups is 1. The molecule has 2 aliphatic rings. The quantitative estimate of drug-likeness (QED) is 0.873. The van der Waals surface area contributed by atoms with Crippen LogP contribution in [-0.4, -0.2) is 31.2 Å². The highest BCUT2D eigenvalue weighted by molar-refractivity contribution is 7.13. The van der Waals surface area contributed by atoms with Crippen molar-refractivity contribution in [1.29, 1.82) is 0 Å². The molecule has 2 heterocycles. The van der Waals surface area contributed by atoms with E-state index in [2.05, 4.69) is 4.98 Å². The van der Waals surface area contributed by atoms with E-state index in [0.29, 0.717) is 13.2 Å². The van der Waals surface area contributed by atoms with E-state index >= 15 is 0 Å². The van der Waals surface area contributed by atoms with Gasteiger partial charge in [0.15, 0.2) is 16.6 Å². The second kappa shape index (κ2) is 5.28. The van der Waals surface area contributed by atoms with Gasteiger partial charge in [-0.2, -0.15) is 0 Å². The Labute approximate surface area is 132 Å². The molecule has 2 unspecified atom stereocenters. The van der Waals surface area contributed by atoms with Crippen molar-refractivity contribution >= 4 is 22.4 Å². The van der Waals surface area contributed by atoms with Gasteiger partial charge in [-0.25, -0.2) is 4.98 Å². The highest BCUT2D eigenvalue weighted by Crippen LogP contribution is 2.50. The zero-order valence-electron chi connectivity index (χ0n) is 12.2. The van der Waals surface area contributed by atoms with Crippen LogP contribution in [0, 0.1) is 5.92 Å².